The minimum Gasteiger partial charge on any atom is -0.493 e. The molecule has 1 heterocycles. The average molecular weight is 584 g/mol. The minimum absolute atomic E-state index is 0.00252. The molecular weight excluding hydrogens is 558 g/mol. The van der Waals surface area contributed by atoms with Gasteiger partial charge in [0.2, 0.25) is 11.7 Å². The maximum Gasteiger partial charge on any atom is 0.234 e. The highest BCUT2D eigenvalue weighted by Crippen LogP contribution is 2.48. The molecule has 2 N–H and O–H groups in total. The van der Waals surface area contributed by atoms with Crippen molar-refractivity contribution in [3.63, 3.8) is 0 Å². The van der Waals surface area contributed by atoms with E-state index in [0.29, 0.717) is 57.5 Å². The van der Waals surface area contributed by atoms with Crippen LogP contribution in [0.1, 0.15) is 30.7 Å². The number of ether oxygens (including phenoxy) is 3. The lowest BCUT2D eigenvalue weighted by Gasteiger charge is -2.33. The number of allylic oxidation sites excluding steroid dienone is 3. The number of dihydropyridines is 1. The summed E-state index contributed by atoms with van der Waals surface area (Å²) in [7, 11) is 4.56. The third kappa shape index (κ3) is 5.63. The number of ketones is 1. The summed E-state index contributed by atoms with van der Waals surface area (Å²) in [6.07, 6.45) is 1.81. The number of amides is 1. The molecule has 2 aromatic carbocycles. The van der Waals surface area contributed by atoms with E-state index in [-0.39, 0.29) is 17.4 Å². The fourth-order valence-corrected chi connectivity index (χ4v) is 5.63. The van der Waals surface area contributed by atoms with E-state index in [2.05, 4.69) is 32.6 Å². The predicted molar refractivity (Wildman–Crippen MR) is 146 cm³/mol. The Morgan fingerprint density at radius 2 is 1.81 bits per heavy atom. The van der Waals surface area contributed by atoms with Gasteiger partial charge in [-0.05, 0) is 54.8 Å². The van der Waals surface area contributed by atoms with E-state index >= 15 is 0 Å². The zero-order chi connectivity index (χ0) is 26.5. The van der Waals surface area contributed by atoms with Gasteiger partial charge in [0.1, 0.15) is 0 Å². The molecule has 0 aromatic heterocycles. The van der Waals surface area contributed by atoms with Crippen LogP contribution in [0.2, 0.25) is 0 Å². The summed E-state index contributed by atoms with van der Waals surface area (Å²) in [5.41, 5.74) is 3.07. The van der Waals surface area contributed by atoms with E-state index in [4.69, 9.17) is 14.2 Å². The molecule has 0 unspecified atom stereocenters. The van der Waals surface area contributed by atoms with Crippen molar-refractivity contribution in [3.8, 4) is 23.3 Å². The fraction of sp³-hybridized carbons (Fsp3) is 0.296. The average Bonchev–Trinajstić information content (AvgIpc) is 2.91. The highest BCUT2D eigenvalue weighted by atomic mass is 79.9. The number of carbonyl (C=O) groups is 2. The molecule has 1 atom stereocenters. The summed E-state index contributed by atoms with van der Waals surface area (Å²) in [6, 6.07) is 13.1. The largest absolute Gasteiger partial charge is 0.493 e. The predicted octanol–water partition coefficient (Wildman–Crippen LogP) is 5.28. The second-order valence-electron chi connectivity index (χ2n) is 8.38. The van der Waals surface area contributed by atoms with E-state index in [0.717, 1.165) is 16.6 Å². The molecule has 1 aliphatic heterocycles. The summed E-state index contributed by atoms with van der Waals surface area (Å²) in [5.74, 6) is 0.540. The molecule has 0 spiro atoms. The Morgan fingerprint density at radius 1 is 1.14 bits per heavy atom. The Morgan fingerprint density at radius 3 is 2.41 bits per heavy atom. The summed E-state index contributed by atoms with van der Waals surface area (Å²) < 4.78 is 17.4. The molecule has 192 valence electrons. The lowest BCUT2D eigenvalue weighted by Crippen LogP contribution is -2.31. The van der Waals surface area contributed by atoms with Crippen LogP contribution >= 0.6 is 27.7 Å². The molecule has 37 heavy (non-hydrogen) atoms. The Labute approximate surface area is 228 Å². The van der Waals surface area contributed by atoms with Gasteiger partial charge >= 0.3 is 0 Å². The van der Waals surface area contributed by atoms with E-state index in [1.807, 2.05) is 12.1 Å². The van der Waals surface area contributed by atoms with Gasteiger partial charge in [-0.15, -0.1) is 0 Å². The number of carbonyl (C=O) groups excluding carboxylic acids is 2. The molecule has 4 rings (SSSR count). The molecule has 0 bridgehead atoms. The van der Waals surface area contributed by atoms with Crippen molar-refractivity contribution in [3.05, 3.63) is 68.3 Å². The molecule has 0 radical (unpaired) electrons. The van der Waals surface area contributed by atoms with Crippen molar-refractivity contribution >= 4 is 45.1 Å². The number of hydrogen-bond acceptors (Lipinski definition) is 8. The summed E-state index contributed by atoms with van der Waals surface area (Å²) in [4.78, 5) is 25.8. The van der Waals surface area contributed by atoms with Crippen LogP contribution in [0.25, 0.3) is 0 Å². The highest BCUT2D eigenvalue weighted by Gasteiger charge is 2.38. The molecule has 0 saturated heterocycles. The monoisotopic (exact) mass is 583 g/mol. The maximum atomic E-state index is 13.1. The zero-order valence-corrected chi connectivity index (χ0v) is 23.0. The lowest BCUT2D eigenvalue weighted by molar-refractivity contribution is -0.116. The van der Waals surface area contributed by atoms with Gasteiger partial charge in [0, 0.05) is 27.9 Å². The molecule has 2 aromatic rings. The van der Waals surface area contributed by atoms with Crippen LogP contribution in [0.5, 0.6) is 17.2 Å². The smallest absolute Gasteiger partial charge is 0.234 e. The van der Waals surface area contributed by atoms with E-state index < -0.39 is 5.92 Å². The number of benzene rings is 2. The number of nitrogens with one attached hydrogen (secondary N) is 2. The van der Waals surface area contributed by atoms with Crippen molar-refractivity contribution in [2.75, 3.05) is 32.4 Å². The van der Waals surface area contributed by atoms with Gasteiger partial charge in [0.15, 0.2) is 17.3 Å². The molecule has 1 aliphatic carbocycles. The van der Waals surface area contributed by atoms with Crippen molar-refractivity contribution in [2.24, 2.45) is 0 Å². The number of hydrogen-bond donors (Lipinski definition) is 2. The second kappa shape index (κ2) is 11.8. The minimum atomic E-state index is -0.625. The van der Waals surface area contributed by atoms with Gasteiger partial charge < -0.3 is 24.8 Å². The molecule has 8 nitrogen and oxygen atoms in total. The summed E-state index contributed by atoms with van der Waals surface area (Å²) in [6.45, 7) is 0. The normalized spacial score (nSPS) is 16.9. The van der Waals surface area contributed by atoms with Crippen LogP contribution in [0.15, 0.2) is 62.7 Å². The molecule has 0 fully saturated rings. The Bertz CT molecular complexity index is 1310. The summed E-state index contributed by atoms with van der Waals surface area (Å²) in [5, 5.41) is 17.0. The summed E-state index contributed by atoms with van der Waals surface area (Å²) >= 11 is 4.61. The van der Waals surface area contributed by atoms with Crippen molar-refractivity contribution in [1.82, 2.24) is 5.32 Å². The number of thioether (sulfide) groups is 1. The Kier molecular flexibility index (Phi) is 8.46. The van der Waals surface area contributed by atoms with Gasteiger partial charge in [-0.2, -0.15) is 5.26 Å². The number of rotatable bonds is 8. The van der Waals surface area contributed by atoms with E-state index in [1.54, 1.807) is 24.3 Å². The lowest BCUT2D eigenvalue weighted by atomic mass is 9.76. The Hall–Kier alpha value is -3.42. The second-order valence-corrected chi connectivity index (χ2v) is 10.3. The van der Waals surface area contributed by atoms with Crippen LogP contribution in [0.3, 0.4) is 0 Å². The first kappa shape index (κ1) is 26.6. The van der Waals surface area contributed by atoms with Crippen LogP contribution in [-0.4, -0.2) is 38.8 Å². The number of nitrogens with zero attached hydrogens (tertiary/aromatic N) is 1. The van der Waals surface area contributed by atoms with E-state index in [9.17, 15) is 14.9 Å². The first-order chi connectivity index (χ1) is 17.9. The number of halogens is 1. The molecule has 1 amide bonds. The van der Waals surface area contributed by atoms with Gasteiger partial charge in [-0.3, -0.25) is 9.59 Å². The molecule has 2 aliphatic rings. The topological polar surface area (TPSA) is 110 Å². The van der Waals surface area contributed by atoms with Crippen LogP contribution in [0, 0.1) is 11.3 Å². The van der Waals surface area contributed by atoms with Crippen molar-refractivity contribution < 1.29 is 23.8 Å². The Balaban J connectivity index is 1.70. The number of methoxy groups -OCH3 is 3. The third-order valence-electron chi connectivity index (χ3n) is 6.16. The standard InChI is InChI=1S/C27H26BrN3O5S/c1-34-21-11-15(12-22(35-2)26(21)36-3)24-18(13-29)27(31-19-5-4-6-20(32)25(19)24)37-14-23(33)30-17-9-7-16(28)8-10-17/h7-12,24,31H,4-6,14H2,1-3H3,(H,30,33)/t24-/m1/s1. The zero-order valence-electron chi connectivity index (χ0n) is 20.6. The number of nitriles is 1. The van der Waals surface area contributed by atoms with Crippen LogP contribution < -0.4 is 24.8 Å². The number of Topliss-reactive ketones (excluding diaryl/α,β-unsaturated/α-hetero) is 1. The fourth-order valence-electron chi connectivity index (χ4n) is 4.51. The molecule has 10 heteroatoms. The first-order valence-corrected chi connectivity index (χ1v) is 13.3. The van der Waals surface area contributed by atoms with Gasteiger partial charge in [0.25, 0.3) is 0 Å². The third-order valence-corrected chi connectivity index (χ3v) is 7.70. The van der Waals surface area contributed by atoms with Gasteiger partial charge in [-0.1, -0.05) is 27.7 Å². The van der Waals surface area contributed by atoms with Gasteiger partial charge in [0.05, 0.1) is 49.7 Å². The first-order valence-electron chi connectivity index (χ1n) is 11.6. The SMILES string of the molecule is COc1cc([C@@H]2C(C#N)=C(SCC(=O)Nc3ccc(Br)cc3)NC3=C2C(=O)CCC3)cc(OC)c1OC. The quantitative estimate of drug-likeness (QED) is 0.432. The van der Waals surface area contributed by atoms with Crippen LogP contribution in [0.4, 0.5) is 5.69 Å². The molecule has 0 saturated carbocycles. The van der Waals surface area contributed by atoms with Crippen molar-refractivity contribution in [1.29, 1.82) is 5.26 Å². The van der Waals surface area contributed by atoms with Crippen molar-refractivity contribution in [2.45, 2.75) is 25.2 Å². The molecular formula is C27H26BrN3O5S. The van der Waals surface area contributed by atoms with E-state index in [1.165, 1.54) is 33.1 Å². The maximum absolute atomic E-state index is 13.1. The number of anilines is 1. The van der Waals surface area contributed by atoms with Crippen LogP contribution in [-0.2, 0) is 9.59 Å². The van der Waals surface area contributed by atoms with Gasteiger partial charge in [-0.25, -0.2) is 0 Å². The highest BCUT2D eigenvalue weighted by molar-refractivity contribution is 9.10.